The van der Waals surface area contributed by atoms with Crippen LogP contribution < -0.4 is 11.1 Å². The normalized spacial score (nSPS) is 24.9. The summed E-state index contributed by atoms with van der Waals surface area (Å²) in [6, 6.07) is 4.04. The van der Waals surface area contributed by atoms with Gasteiger partial charge < -0.3 is 4.74 Å². The Morgan fingerprint density at radius 1 is 1.07 bits per heavy atom. The monoisotopic (exact) mass is 411 g/mol. The van der Waals surface area contributed by atoms with E-state index in [9.17, 15) is 9.59 Å². The second kappa shape index (κ2) is 8.07. The van der Waals surface area contributed by atoms with E-state index in [2.05, 4.69) is 15.0 Å². The van der Waals surface area contributed by atoms with Gasteiger partial charge in [0.25, 0.3) is 0 Å². The maximum absolute atomic E-state index is 12.9. The number of hydrogen-bond acceptors (Lipinski definition) is 6. The fourth-order valence-corrected chi connectivity index (χ4v) is 5.20. The molecule has 1 saturated heterocycles. The quantitative estimate of drug-likeness (QED) is 0.710. The van der Waals surface area contributed by atoms with E-state index in [-0.39, 0.29) is 6.61 Å². The molecule has 1 saturated carbocycles. The molecule has 0 bridgehead atoms. The lowest BCUT2D eigenvalue weighted by atomic mass is 9.89. The Labute approximate surface area is 175 Å². The van der Waals surface area contributed by atoms with E-state index in [0.717, 1.165) is 38.9 Å². The molecule has 2 fully saturated rings. The molecule has 0 radical (unpaired) electrons. The van der Waals surface area contributed by atoms with Crippen molar-refractivity contribution in [2.75, 3.05) is 13.1 Å². The zero-order chi connectivity index (χ0) is 20.6. The Morgan fingerprint density at radius 3 is 2.67 bits per heavy atom. The Morgan fingerprint density at radius 2 is 1.87 bits per heavy atom. The van der Waals surface area contributed by atoms with Crippen LogP contribution in [0.1, 0.15) is 49.9 Å². The van der Waals surface area contributed by atoms with E-state index in [1.807, 2.05) is 12.1 Å². The minimum atomic E-state index is -0.493. The third-order valence-electron chi connectivity index (χ3n) is 6.87. The van der Waals surface area contributed by atoms with Crippen LogP contribution in [0.2, 0.25) is 0 Å². The summed E-state index contributed by atoms with van der Waals surface area (Å²) in [4.78, 5) is 32.0. The Hall–Kier alpha value is -2.32. The van der Waals surface area contributed by atoms with Gasteiger partial charge in [-0.05, 0) is 42.9 Å². The van der Waals surface area contributed by atoms with Crippen molar-refractivity contribution in [2.24, 2.45) is 5.92 Å². The molecule has 4 heterocycles. The molecule has 2 aromatic heterocycles. The highest BCUT2D eigenvalue weighted by molar-refractivity contribution is 5.11. The van der Waals surface area contributed by atoms with E-state index in [0.29, 0.717) is 24.8 Å². The molecule has 2 aromatic rings. The zero-order valence-corrected chi connectivity index (χ0v) is 17.3. The number of ether oxygens (including phenoxy) is 1. The summed E-state index contributed by atoms with van der Waals surface area (Å²) in [5, 5.41) is 4.53. The zero-order valence-electron chi connectivity index (χ0n) is 17.3. The topological polar surface area (TPSA) is 82.2 Å². The molecule has 5 rings (SSSR count). The summed E-state index contributed by atoms with van der Waals surface area (Å²) in [6.45, 7) is 3.71. The Bertz CT molecular complexity index is 1010. The highest BCUT2D eigenvalue weighted by atomic mass is 16.5. The molecule has 8 heteroatoms. The van der Waals surface area contributed by atoms with E-state index in [4.69, 9.17) is 4.74 Å². The van der Waals surface area contributed by atoms with E-state index in [1.54, 1.807) is 17.0 Å². The average molecular weight is 412 g/mol. The predicted molar refractivity (Wildman–Crippen MR) is 111 cm³/mol. The second-order valence-corrected chi connectivity index (χ2v) is 9.09. The molecule has 0 amide bonds. The molecule has 0 aromatic carbocycles. The van der Waals surface area contributed by atoms with E-state index in [1.165, 1.54) is 29.5 Å². The number of fused-ring (bicyclic) bond motifs is 1. The molecule has 1 aliphatic carbocycles. The number of hydrogen-bond donors (Lipinski definition) is 0. The fourth-order valence-electron chi connectivity index (χ4n) is 5.20. The Balaban J connectivity index is 1.32. The molecule has 3 aliphatic rings. The van der Waals surface area contributed by atoms with E-state index >= 15 is 0 Å². The van der Waals surface area contributed by atoms with Crippen LogP contribution in [-0.4, -0.2) is 42.9 Å². The molecule has 1 atom stereocenters. The molecule has 160 valence electrons. The number of nitrogens with zero attached hydrogens (tertiary/aromatic N) is 5. The van der Waals surface area contributed by atoms with Crippen LogP contribution in [0.15, 0.2) is 34.1 Å². The first kappa shape index (κ1) is 19.6. The van der Waals surface area contributed by atoms with Gasteiger partial charge in [-0.2, -0.15) is 5.10 Å². The molecule has 0 unspecified atom stereocenters. The SMILES string of the molecule is O=c1c(=O)n2c(nn1CC1CCCCC1)CO[C@@]1(CCN(Cc3ccncc3)C1)C2. The third kappa shape index (κ3) is 3.86. The first-order valence-electron chi connectivity index (χ1n) is 11.1. The van der Waals surface area contributed by atoms with Crippen molar-refractivity contribution in [3.05, 3.63) is 56.6 Å². The summed E-state index contributed by atoms with van der Waals surface area (Å²) in [7, 11) is 0. The van der Waals surface area contributed by atoms with Crippen molar-refractivity contribution >= 4 is 0 Å². The lowest BCUT2D eigenvalue weighted by molar-refractivity contribution is -0.0860. The number of aromatic nitrogens is 4. The molecule has 1 spiro atoms. The van der Waals surface area contributed by atoms with E-state index < -0.39 is 16.7 Å². The van der Waals surface area contributed by atoms with Gasteiger partial charge in [-0.1, -0.05) is 19.3 Å². The lowest BCUT2D eigenvalue weighted by Gasteiger charge is -2.35. The minimum absolute atomic E-state index is 0.281. The summed E-state index contributed by atoms with van der Waals surface area (Å²) in [5.41, 5.74) is -0.158. The fraction of sp³-hybridized carbons (Fsp3) is 0.636. The molecular weight excluding hydrogens is 382 g/mol. The molecular formula is C22H29N5O3. The Kier molecular flexibility index (Phi) is 5.28. The number of likely N-dealkylation sites (tertiary alicyclic amines) is 1. The van der Waals surface area contributed by atoms with Gasteiger partial charge >= 0.3 is 11.1 Å². The van der Waals surface area contributed by atoms with Crippen molar-refractivity contribution in [1.82, 2.24) is 24.2 Å². The number of pyridine rings is 1. The average Bonchev–Trinajstić information content (AvgIpc) is 3.16. The molecule has 2 aliphatic heterocycles. The largest absolute Gasteiger partial charge is 0.364 e. The van der Waals surface area contributed by atoms with Crippen molar-refractivity contribution in [1.29, 1.82) is 0 Å². The van der Waals surface area contributed by atoms with Gasteiger partial charge in [-0.15, -0.1) is 0 Å². The molecule has 8 nitrogen and oxygen atoms in total. The van der Waals surface area contributed by atoms with Crippen molar-refractivity contribution in [3.63, 3.8) is 0 Å². The van der Waals surface area contributed by atoms with Gasteiger partial charge in [0.2, 0.25) is 0 Å². The van der Waals surface area contributed by atoms with Gasteiger partial charge in [0.05, 0.1) is 6.54 Å². The highest BCUT2D eigenvalue weighted by Gasteiger charge is 2.43. The standard InChI is InChI=1S/C22H29N5O3/c28-20-21(29)27(13-17-4-2-1-3-5-17)24-19-14-30-22(16-26(19)20)8-11-25(15-22)12-18-6-9-23-10-7-18/h6-7,9-10,17H,1-5,8,11-16H2/t22-/m1/s1. The number of rotatable bonds is 4. The van der Waals surface area contributed by atoms with Crippen LogP contribution in [0, 0.1) is 5.92 Å². The minimum Gasteiger partial charge on any atom is -0.364 e. The summed E-state index contributed by atoms with van der Waals surface area (Å²) in [5.74, 6) is 1.02. The van der Waals surface area contributed by atoms with Gasteiger partial charge in [-0.3, -0.25) is 24.0 Å². The van der Waals surface area contributed by atoms with Crippen molar-refractivity contribution in [3.8, 4) is 0 Å². The molecule has 0 N–H and O–H groups in total. The van der Waals surface area contributed by atoms with Crippen LogP contribution in [-0.2, 0) is 31.0 Å². The van der Waals surface area contributed by atoms with Crippen LogP contribution in [0.4, 0.5) is 0 Å². The maximum atomic E-state index is 12.9. The molecule has 30 heavy (non-hydrogen) atoms. The van der Waals surface area contributed by atoms with Gasteiger partial charge in [0, 0.05) is 38.6 Å². The first-order valence-corrected chi connectivity index (χ1v) is 11.1. The van der Waals surface area contributed by atoms with Crippen molar-refractivity contribution < 1.29 is 4.74 Å². The van der Waals surface area contributed by atoms with Crippen LogP contribution in [0.25, 0.3) is 0 Å². The summed E-state index contributed by atoms with van der Waals surface area (Å²) < 4.78 is 9.24. The van der Waals surface area contributed by atoms with Gasteiger partial charge in [-0.25, -0.2) is 4.68 Å². The predicted octanol–water partition coefficient (Wildman–Crippen LogP) is 1.56. The van der Waals surface area contributed by atoms with Crippen molar-refractivity contribution in [2.45, 2.75) is 70.4 Å². The smallest absolute Gasteiger partial charge is 0.332 e. The second-order valence-electron chi connectivity index (χ2n) is 9.09. The van der Waals surface area contributed by atoms with Gasteiger partial charge in [0.1, 0.15) is 12.2 Å². The maximum Gasteiger partial charge on any atom is 0.332 e. The van der Waals surface area contributed by atoms with Crippen LogP contribution in [0.5, 0.6) is 0 Å². The van der Waals surface area contributed by atoms with Crippen LogP contribution >= 0.6 is 0 Å². The van der Waals surface area contributed by atoms with Gasteiger partial charge in [0.15, 0.2) is 5.82 Å². The first-order chi connectivity index (χ1) is 14.6. The summed E-state index contributed by atoms with van der Waals surface area (Å²) >= 11 is 0. The highest BCUT2D eigenvalue weighted by Crippen LogP contribution is 2.32. The third-order valence-corrected chi connectivity index (χ3v) is 6.87. The summed E-state index contributed by atoms with van der Waals surface area (Å²) in [6.07, 6.45) is 10.3. The lowest BCUT2D eigenvalue weighted by Crippen LogP contribution is -2.53. The van der Waals surface area contributed by atoms with Crippen LogP contribution in [0.3, 0.4) is 0 Å².